The topological polar surface area (TPSA) is 84.2 Å². The van der Waals surface area contributed by atoms with Crippen LogP contribution >= 0.6 is 11.8 Å². The van der Waals surface area contributed by atoms with Gasteiger partial charge in [0.1, 0.15) is 5.03 Å². The number of nitrogens with one attached hydrogen (secondary N) is 1. The van der Waals surface area contributed by atoms with Crippen molar-refractivity contribution in [3.05, 3.63) is 21.7 Å². The van der Waals surface area contributed by atoms with Gasteiger partial charge < -0.3 is 10.4 Å². The number of aliphatic hydroxyl groups excluding tert-OH is 1. The minimum absolute atomic E-state index is 0.0435. The minimum Gasteiger partial charge on any atom is -0.396 e. The number of carbonyl (C=O) groups is 1. The first-order chi connectivity index (χ1) is 10.5. The fraction of sp³-hybridized carbons (Fsp3) is 0.667. The van der Waals surface area contributed by atoms with Crippen LogP contribution in [-0.4, -0.2) is 39.0 Å². The van der Waals surface area contributed by atoms with Crippen molar-refractivity contribution in [1.82, 2.24) is 14.9 Å². The number of aromatic nitrogens is 2. The Hall–Kier alpha value is -1.34. The lowest BCUT2D eigenvalue weighted by atomic mass is 10.2. The Kier molecular flexibility index (Phi) is 6.02. The second kappa shape index (κ2) is 7.78. The maximum Gasteiger partial charge on any atom is 0.348 e. The number of aliphatic hydroxyl groups is 1. The molecule has 0 radical (unpaired) electrons. The summed E-state index contributed by atoms with van der Waals surface area (Å²) in [5, 5.41) is 12.5. The third-order valence-electron chi connectivity index (χ3n) is 3.53. The summed E-state index contributed by atoms with van der Waals surface area (Å²) in [6, 6.07) is 0.109. The van der Waals surface area contributed by atoms with Gasteiger partial charge in [0.15, 0.2) is 0 Å². The zero-order valence-corrected chi connectivity index (χ0v) is 13.9. The van der Waals surface area contributed by atoms with E-state index in [1.165, 1.54) is 11.8 Å². The average Bonchev–Trinajstić information content (AvgIpc) is 2.92. The predicted octanol–water partition coefficient (Wildman–Crippen LogP) is 0.731. The van der Waals surface area contributed by atoms with Gasteiger partial charge in [0.2, 0.25) is 5.91 Å². The van der Waals surface area contributed by atoms with Gasteiger partial charge in [0, 0.05) is 30.5 Å². The van der Waals surface area contributed by atoms with E-state index in [0.29, 0.717) is 18.0 Å². The molecule has 2 N–H and O–H groups in total. The number of thioether (sulfide) groups is 1. The van der Waals surface area contributed by atoms with Crippen LogP contribution in [0.3, 0.4) is 0 Å². The van der Waals surface area contributed by atoms with E-state index >= 15 is 0 Å². The molecular formula is C15H23N3O3S. The summed E-state index contributed by atoms with van der Waals surface area (Å²) >= 11 is 1.34. The number of hydrogen-bond acceptors (Lipinski definition) is 5. The van der Waals surface area contributed by atoms with Crippen LogP contribution in [0.15, 0.2) is 9.82 Å². The first kappa shape index (κ1) is 17.0. The van der Waals surface area contributed by atoms with Gasteiger partial charge in [0.25, 0.3) is 0 Å². The third-order valence-corrected chi connectivity index (χ3v) is 4.55. The fourth-order valence-corrected chi connectivity index (χ4v) is 3.55. The van der Waals surface area contributed by atoms with Gasteiger partial charge in [-0.15, -0.1) is 0 Å². The lowest BCUT2D eigenvalue weighted by molar-refractivity contribution is -0.119. The van der Waals surface area contributed by atoms with Gasteiger partial charge in [-0.25, -0.2) is 4.79 Å². The zero-order valence-electron chi connectivity index (χ0n) is 13.1. The first-order valence-corrected chi connectivity index (χ1v) is 8.67. The lowest BCUT2D eigenvalue weighted by Crippen LogP contribution is -2.32. The molecule has 1 amide bonds. The van der Waals surface area contributed by atoms with E-state index in [2.05, 4.69) is 10.3 Å². The molecule has 122 valence electrons. The number of hydrogen-bond donors (Lipinski definition) is 2. The van der Waals surface area contributed by atoms with E-state index in [9.17, 15) is 9.59 Å². The molecule has 6 nitrogen and oxygen atoms in total. The predicted molar refractivity (Wildman–Crippen MR) is 86.2 cm³/mol. The number of amides is 1. The molecule has 0 fully saturated rings. The van der Waals surface area contributed by atoms with Crippen molar-refractivity contribution in [2.75, 3.05) is 12.4 Å². The van der Waals surface area contributed by atoms with E-state index in [1.807, 2.05) is 13.8 Å². The molecule has 0 spiro atoms. The van der Waals surface area contributed by atoms with Crippen molar-refractivity contribution >= 4 is 17.7 Å². The van der Waals surface area contributed by atoms with Crippen molar-refractivity contribution < 1.29 is 9.90 Å². The highest BCUT2D eigenvalue weighted by Crippen LogP contribution is 2.29. The Morgan fingerprint density at radius 1 is 1.45 bits per heavy atom. The van der Waals surface area contributed by atoms with Gasteiger partial charge >= 0.3 is 5.69 Å². The highest BCUT2D eigenvalue weighted by atomic mass is 32.2. The smallest absolute Gasteiger partial charge is 0.348 e. The SMILES string of the molecule is CC(C)NC(=O)CSc1nc(=O)n(CCCO)c2c1CCC2. The summed E-state index contributed by atoms with van der Waals surface area (Å²) in [4.78, 5) is 28.1. The number of rotatable bonds is 7. The molecule has 22 heavy (non-hydrogen) atoms. The van der Waals surface area contributed by atoms with Crippen LogP contribution in [0.1, 0.15) is 37.9 Å². The molecule has 0 atom stereocenters. The van der Waals surface area contributed by atoms with Gasteiger partial charge in [-0.05, 0) is 39.5 Å². The quantitative estimate of drug-likeness (QED) is 0.570. The van der Waals surface area contributed by atoms with Crippen LogP contribution in [-0.2, 0) is 24.2 Å². The maximum atomic E-state index is 12.2. The molecule has 1 heterocycles. The summed E-state index contributed by atoms with van der Waals surface area (Å²) in [6.45, 7) is 4.40. The van der Waals surface area contributed by atoms with Crippen LogP contribution in [0.5, 0.6) is 0 Å². The van der Waals surface area contributed by atoms with Gasteiger partial charge in [0.05, 0.1) is 5.75 Å². The molecule has 0 saturated heterocycles. The maximum absolute atomic E-state index is 12.2. The highest BCUT2D eigenvalue weighted by molar-refractivity contribution is 7.99. The molecule has 2 rings (SSSR count). The van der Waals surface area contributed by atoms with Crippen molar-refractivity contribution in [1.29, 1.82) is 0 Å². The van der Waals surface area contributed by atoms with Gasteiger partial charge in [-0.3, -0.25) is 9.36 Å². The van der Waals surface area contributed by atoms with Crippen molar-refractivity contribution in [3.8, 4) is 0 Å². The number of nitrogens with zero attached hydrogens (tertiary/aromatic N) is 2. The van der Waals surface area contributed by atoms with Crippen LogP contribution < -0.4 is 11.0 Å². The van der Waals surface area contributed by atoms with Crippen LogP contribution in [0.4, 0.5) is 0 Å². The summed E-state index contributed by atoms with van der Waals surface area (Å²) < 4.78 is 1.68. The second-order valence-corrected chi connectivity index (χ2v) is 6.68. The molecule has 0 aromatic carbocycles. The summed E-state index contributed by atoms with van der Waals surface area (Å²) in [6.07, 6.45) is 3.32. The van der Waals surface area contributed by atoms with Crippen LogP contribution in [0, 0.1) is 0 Å². The fourth-order valence-electron chi connectivity index (χ4n) is 2.66. The number of fused-ring (bicyclic) bond motifs is 1. The molecule has 0 unspecified atom stereocenters. The molecule has 0 bridgehead atoms. The molecule has 1 aromatic heterocycles. The Balaban J connectivity index is 2.16. The van der Waals surface area contributed by atoms with E-state index in [-0.39, 0.29) is 30.0 Å². The van der Waals surface area contributed by atoms with Crippen molar-refractivity contribution in [2.45, 2.75) is 57.1 Å². The molecule has 7 heteroatoms. The molecular weight excluding hydrogens is 302 g/mol. The minimum atomic E-state index is -0.277. The highest BCUT2D eigenvalue weighted by Gasteiger charge is 2.22. The second-order valence-electron chi connectivity index (χ2n) is 5.72. The first-order valence-electron chi connectivity index (χ1n) is 7.68. The third kappa shape index (κ3) is 4.10. The van der Waals surface area contributed by atoms with E-state index in [4.69, 9.17) is 5.11 Å². The summed E-state index contributed by atoms with van der Waals surface area (Å²) in [5.41, 5.74) is 1.85. The standard InChI is InChI=1S/C15H23N3O3S/c1-10(2)16-13(20)9-22-14-11-5-3-6-12(11)18(7-4-8-19)15(21)17-14/h10,19H,3-9H2,1-2H3,(H,16,20). The van der Waals surface area contributed by atoms with E-state index < -0.39 is 0 Å². The van der Waals surface area contributed by atoms with E-state index in [1.54, 1.807) is 4.57 Å². The Morgan fingerprint density at radius 3 is 2.91 bits per heavy atom. The van der Waals surface area contributed by atoms with Crippen molar-refractivity contribution in [2.24, 2.45) is 0 Å². The largest absolute Gasteiger partial charge is 0.396 e. The zero-order chi connectivity index (χ0) is 16.1. The molecule has 1 aliphatic rings. The normalized spacial score (nSPS) is 13.5. The van der Waals surface area contributed by atoms with Gasteiger partial charge in [-0.1, -0.05) is 11.8 Å². The number of carbonyl (C=O) groups excluding carboxylic acids is 1. The van der Waals surface area contributed by atoms with Crippen LogP contribution in [0.25, 0.3) is 0 Å². The summed E-state index contributed by atoms with van der Waals surface area (Å²) in [5.74, 6) is 0.232. The Labute approximate surface area is 134 Å². The van der Waals surface area contributed by atoms with Gasteiger partial charge in [-0.2, -0.15) is 4.98 Å². The Bertz CT molecular complexity index is 598. The Morgan fingerprint density at radius 2 is 2.23 bits per heavy atom. The molecule has 0 aliphatic heterocycles. The average molecular weight is 325 g/mol. The molecule has 1 aromatic rings. The molecule has 1 aliphatic carbocycles. The van der Waals surface area contributed by atoms with Crippen molar-refractivity contribution in [3.63, 3.8) is 0 Å². The monoisotopic (exact) mass is 325 g/mol. The van der Waals surface area contributed by atoms with E-state index in [0.717, 1.165) is 30.5 Å². The van der Waals surface area contributed by atoms with Crippen LogP contribution in [0.2, 0.25) is 0 Å². The molecule has 0 saturated carbocycles. The summed E-state index contributed by atoms with van der Waals surface area (Å²) in [7, 11) is 0. The lowest BCUT2D eigenvalue weighted by Gasteiger charge is -2.14.